The molecule has 5 heteroatoms. The molecular weight excluding hydrogens is 240 g/mol. The van der Waals surface area contributed by atoms with E-state index in [4.69, 9.17) is 10.5 Å². The number of carbonyl (C=O) groups is 1. The highest BCUT2D eigenvalue weighted by Gasteiger charge is 2.24. The maximum atomic E-state index is 10.7. The third kappa shape index (κ3) is 3.00. The largest absolute Gasteiger partial charge is 0.373 e. The van der Waals surface area contributed by atoms with Gasteiger partial charge in [0.1, 0.15) is 30.1 Å². The average Bonchev–Trinajstić information content (AvgIpc) is 2.89. The molecule has 1 unspecified atom stereocenters. The zero-order valence-electron chi connectivity index (χ0n) is 11.0. The number of hydrogen-bond acceptors (Lipinski definition) is 5. The molecule has 1 atom stereocenters. The number of allylic oxidation sites excluding steroid dienone is 4. The molecule has 0 bridgehead atoms. The van der Waals surface area contributed by atoms with Crippen molar-refractivity contribution in [2.45, 2.75) is 20.3 Å². The van der Waals surface area contributed by atoms with Crippen LogP contribution in [0.5, 0.6) is 0 Å². The van der Waals surface area contributed by atoms with Crippen LogP contribution < -0.4 is 0 Å². The van der Waals surface area contributed by atoms with Gasteiger partial charge in [-0.15, -0.1) is 0 Å². The highest BCUT2D eigenvalue weighted by Crippen LogP contribution is 2.24. The quantitative estimate of drug-likeness (QED) is 0.434. The summed E-state index contributed by atoms with van der Waals surface area (Å²) in [4.78, 5) is 12.7. The molecule has 0 aromatic rings. The van der Waals surface area contributed by atoms with E-state index >= 15 is 0 Å². The Balaban J connectivity index is 3.16. The van der Waals surface area contributed by atoms with Crippen molar-refractivity contribution in [1.82, 2.24) is 4.90 Å². The summed E-state index contributed by atoms with van der Waals surface area (Å²) in [6.07, 6.45) is 1.70. The minimum atomic E-state index is -0.0537. The lowest BCUT2D eigenvalue weighted by atomic mass is 10.0. The number of likely N-dealkylation sites (tertiary alicyclic amines) is 1. The lowest BCUT2D eigenvalue weighted by molar-refractivity contribution is -0.110. The summed E-state index contributed by atoms with van der Waals surface area (Å²) in [5.41, 5.74) is 1.39. The van der Waals surface area contributed by atoms with Gasteiger partial charge in [-0.3, -0.25) is 0 Å². The maximum absolute atomic E-state index is 10.7. The predicted octanol–water partition coefficient (Wildman–Crippen LogP) is 1.67. The van der Waals surface area contributed by atoms with E-state index in [1.54, 1.807) is 26.0 Å². The van der Waals surface area contributed by atoms with Gasteiger partial charge in [-0.1, -0.05) is 0 Å². The molecule has 1 aliphatic heterocycles. The number of carbonyl (C=O) groups excluding carboxylic acids is 1. The zero-order chi connectivity index (χ0) is 14.4. The Bertz CT molecular complexity index is 550. The van der Waals surface area contributed by atoms with Crippen molar-refractivity contribution < 1.29 is 4.79 Å². The van der Waals surface area contributed by atoms with Crippen LogP contribution in [0.25, 0.3) is 0 Å². The van der Waals surface area contributed by atoms with Gasteiger partial charge in [-0.25, -0.2) is 0 Å². The van der Waals surface area contributed by atoms with Crippen LogP contribution in [-0.4, -0.2) is 24.3 Å². The van der Waals surface area contributed by atoms with Crippen molar-refractivity contribution in [2.75, 3.05) is 13.1 Å². The highest BCUT2D eigenvalue weighted by molar-refractivity contribution is 5.56. The van der Waals surface area contributed by atoms with Gasteiger partial charge >= 0.3 is 0 Å². The van der Waals surface area contributed by atoms with E-state index in [0.29, 0.717) is 29.9 Å². The molecule has 0 amide bonds. The first-order chi connectivity index (χ1) is 9.08. The lowest BCUT2D eigenvalue weighted by Gasteiger charge is -2.20. The standard InChI is InChI=1S/C14H14N4O/c1-10(13(5-15)6-16)14(7-17)11(2)18-4-3-12(8-18)9-19/h9,12H,3-4,8H2,1-2H3/b14-11+. The summed E-state index contributed by atoms with van der Waals surface area (Å²) in [5.74, 6) is -0.00872. The zero-order valence-corrected chi connectivity index (χ0v) is 11.0. The Morgan fingerprint density at radius 2 is 1.84 bits per heavy atom. The van der Waals surface area contributed by atoms with E-state index in [1.165, 1.54) is 0 Å². The molecular formula is C14H14N4O. The van der Waals surface area contributed by atoms with Crippen molar-refractivity contribution in [3.05, 3.63) is 22.4 Å². The van der Waals surface area contributed by atoms with Gasteiger partial charge in [-0.2, -0.15) is 15.8 Å². The summed E-state index contributed by atoms with van der Waals surface area (Å²) in [6, 6.07) is 5.63. The number of aldehydes is 1. The molecule has 1 saturated heterocycles. The normalized spacial score (nSPS) is 18.7. The Kier molecular flexibility index (Phi) is 4.86. The van der Waals surface area contributed by atoms with E-state index in [9.17, 15) is 10.1 Å². The first-order valence-corrected chi connectivity index (χ1v) is 5.91. The van der Waals surface area contributed by atoms with E-state index in [1.807, 2.05) is 11.0 Å². The van der Waals surface area contributed by atoms with Crippen molar-refractivity contribution in [3.8, 4) is 18.2 Å². The number of rotatable bonds is 3. The summed E-state index contributed by atoms with van der Waals surface area (Å²) in [6.45, 7) is 4.67. The smallest absolute Gasteiger partial charge is 0.133 e. The van der Waals surface area contributed by atoms with E-state index < -0.39 is 0 Å². The number of hydrogen-bond donors (Lipinski definition) is 0. The second-order valence-corrected chi connectivity index (χ2v) is 4.43. The first-order valence-electron chi connectivity index (χ1n) is 5.91. The molecule has 0 aliphatic carbocycles. The van der Waals surface area contributed by atoms with E-state index in [2.05, 4.69) is 0 Å². The Morgan fingerprint density at radius 1 is 1.21 bits per heavy atom. The van der Waals surface area contributed by atoms with Gasteiger partial charge in [0.2, 0.25) is 0 Å². The summed E-state index contributed by atoms with van der Waals surface area (Å²) in [5, 5.41) is 26.9. The van der Waals surface area contributed by atoms with Crippen LogP contribution in [0.2, 0.25) is 0 Å². The minimum Gasteiger partial charge on any atom is -0.373 e. The van der Waals surface area contributed by atoms with Crippen molar-refractivity contribution in [2.24, 2.45) is 5.92 Å². The van der Waals surface area contributed by atoms with E-state index in [-0.39, 0.29) is 11.5 Å². The van der Waals surface area contributed by atoms with Crippen LogP contribution in [0.1, 0.15) is 20.3 Å². The number of nitrogens with zero attached hydrogens (tertiary/aromatic N) is 4. The second kappa shape index (κ2) is 6.38. The molecule has 1 fully saturated rings. The van der Waals surface area contributed by atoms with Gasteiger partial charge in [0.15, 0.2) is 0 Å². The molecule has 0 saturated carbocycles. The molecule has 1 rings (SSSR count). The highest BCUT2D eigenvalue weighted by atomic mass is 16.1. The Hall–Kier alpha value is -2.58. The molecule has 0 spiro atoms. The third-order valence-corrected chi connectivity index (χ3v) is 3.34. The number of nitriles is 3. The summed E-state index contributed by atoms with van der Waals surface area (Å²) in [7, 11) is 0. The molecule has 0 N–H and O–H groups in total. The maximum Gasteiger partial charge on any atom is 0.133 e. The molecule has 19 heavy (non-hydrogen) atoms. The van der Waals surface area contributed by atoms with Gasteiger partial charge in [0.25, 0.3) is 0 Å². The summed E-state index contributed by atoms with van der Waals surface area (Å²) < 4.78 is 0. The fraction of sp³-hybridized carbons (Fsp3) is 0.429. The van der Waals surface area contributed by atoms with Crippen LogP contribution in [-0.2, 0) is 4.79 Å². The van der Waals surface area contributed by atoms with Crippen LogP contribution in [0.15, 0.2) is 22.4 Å². The third-order valence-electron chi connectivity index (χ3n) is 3.34. The van der Waals surface area contributed by atoms with Crippen molar-refractivity contribution in [1.29, 1.82) is 15.8 Å². The molecule has 1 heterocycles. The van der Waals surface area contributed by atoms with Crippen LogP contribution in [0.4, 0.5) is 0 Å². The second-order valence-electron chi connectivity index (χ2n) is 4.43. The topological polar surface area (TPSA) is 91.7 Å². The Morgan fingerprint density at radius 3 is 2.26 bits per heavy atom. The van der Waals surface area contributed by atoms with Crippen LogP contribution in [0, 0.1) is 39.9 Å². The molecule has 0 aromatic carbocycles. The van der Waals surface area contributed by atoms with Gasteiger partial charge in [0, 0.05) is 24.7 Å². The van der Waals surface area contributed by atoms with Gasteiger partial charge in [0.05, 0.1) is 5.57 Å². The predicted molar refractivity (Wildman–Crippen MR) is 68.0 cm³/mol. The van der Waals surface area contributed by atoms with Gasteiger partial charge in [-0.05, 0) is 25.8 Å². The van der Waals surface area contributed by atoms with Crippen LogP contribution >= 0.6 is 0 Å². The molecule has 0 radical (unpaired) electrons. The molecule has 1 aliphatic rings. The molecule has 96 valence electrons. The van der Waals surface area contributed by atoms with E-state index in [0.717, 1.165) is 12.7 Å². The summed E-state index contributed by atoms with van der Waals surface area (Å²) >= 11 is 0. The van der Waals surface area contributed by atoms with Crippen molar-refractivity contribution in [3.63, 3.8) is 0 Å². The fourth-order valence-electron chi connectivity index (χ4n) is 2.11. The fourth-order valence-corrected chi connectivity index (χ4v) is 2.11. The Labute approximate surface area is 112 Å². The lowest BCUT2D eigenvalue weighted by Crippen LogP contribution is -2.20. The molecule has 5 nitrogen and oxygen atoms in total. The minimum absolute atomic E-state index is 0.00872. The molecule has 0 aromatic heterocycles. The average molecular weight is 254 g/mol. The SMILES string of the molecule is CC(=C(C#N)C#N)/C(C#N)=C(\C)N1CCC(C=O)C1. The van der Waals surface area contributed by atoms with Crippen molar-refractivity contribution >= 4 is 6.29 Å². The van der Waals surface area contributed by atoms with Gasteiger partial charge < -0.3 is 9.69 Å². The van der Waals surface area contributed by atoms with Crippen LogP contribution in [0.3, 0.4) is 0 Å². The first kappa shape index (κ1) is 14.5. The monoisotopic (exact) mass is 254 g/mol.